The van der Waals surface area contributed by atoms with Crippen LogP contribution in [0.15, 0.2) is 36.5 Å². The molecule has 0 aliphatic rings. The van der Waals surface area contributed by atoms with Gasteiger partial charge in [0.25, 0.3) is 5.91 Å². The quantitative estimate of drug-likeness (QED) is 0.881. The Labute approximate surface area is 120 Å². The minimum atomic E-state index is -0.397. The van der Waals surface area contributed by atoms with Crippen molar-refractivity contribution in [3.05, 3.63) is 52.8 Å². The molecule has 0 bridgehead atoms. The Morgan fingerprint density at radius 2 is 2.25 bits per heavy atom. The van der Waals surface area contributed by atoms with E-state index in [1.165, 1.54) is 13.3 Å². The van der Waals surface area contributed by atoms with Gasteiger partial charge in [0.15, 0.2) is 0 Å². The van der Waals surface area contributed by atoms with Crippen molar-refractivity contribution in [1.82, 2.24) is 4.98 Å². The number of carbonyl (C=O) groups excluding carboxylic acids is 1. The Balaban J connectivity index is 2.29. The molecule has 0 aliphatic carbocycles. The number of hydrogen-bond acceptors (Lipinski definition) is 4. The third-order valence-electron chi connectivity index (χ3n) is 2.58. The first kappa shape index (κ1) is 13.8. The summed E-state index contributed by atoms with van der Waals surface area (Å²) in [4.78, 5) is 15.9. The number of hydrogen-bond donors (Lipinski definition) is 1. The zero-order chi connectivity index (χ0) is 14.5. The maximum absolute atomic E-state index is 12.1. The summed E-state index contributed by atoms with van der Waals surface area (Å²) in [6.07, 6.45) is 1.50. The molecule has 0 aliphatic heterocycles. The Hall–Kier alpha value is -2.58. The van der Waals surface area contributed by atoms with Gasteiger partial charge >= 0.3 is 0 Å². The summed E-state index contributed by atoms with van der Waals surface area (Å²) >= 11 is 5.86. The van der Waals surface area contributed by atoms with Gasteiger partial charge in [0.2, 0.25) is 0 Å². The fourth-order valence-corrected chi connectivity index (χ4v) is 1.81. The van der Waals surface area contributed by atoms with Crippen molar-refractivity contribution >= 4 is 23.2 Å². The molecule has 100 valence electrons. The predicted molar refractivity (Wildman–Crippen MR) is 74.9 cm³/mol. The van der Waals surface area contributed by atoms with E-state index in [1.54, 1.807) is 30.3 Å². The third kappa shape index (κ3) is 2.87. The van der Waals surface area contributed by atoms with E-state index in [-0.39, 0.29) is 10.7 Å². The van der Waals surface area contributed by atoms with Crippen LogP contribution in [0.25, 0.3) is 0 Å². The second kappa shape index (κ2) is 6.04. The van der Waals surface area contributed by atoms with Crippen molar-refractivity contribution in [3.63, 3.8) is 0 Å². The topological polar surface area (TPSA) is 75.0 Å². The van der Waals surface area contributed by atoms with Crippen LogP contribution in [0, 0.1) is 11.3 Å². The standard InChI is InChI=1S/C14H10ClN3O2/c1-20-12-7-9(8-16)4-5-11(12)18-14(19)10-3-2-6-17-13(10)15/h2-7H,1H3,(H,18,19). The molecule has 0 atom stereocenters. The van der Waals surface area contributed by atoms with E-state index < -0.39 is 5.91 Å². The number of nitrogens with one attached hydrogen (secondary N) is 1. The highest BCUT2D eigenvalue weighted by Gasteiger charge is 2.13. The van der Waals surface area contributed by atoms with Gasteiger partial charge in [0.05, 0.1) is 30.0 Å². The van der Waals surface area contributed by atoms with Gasteiger partial charge in [-0.2, -0.15) is 5.26 Å². The average Bonchev–Trinajstić information content (AvgIpc) is 2.48. The fraction of sp³-hybridized carbons (Fsp3) is 0.0714. The molecule has 6 heteroatoms. The monoisotopic (exact) mass is 287 g/mol. The number of methoxy groups -OCH3 is 1. The van der Waals surface area contributed by atoms with Crippen molar-refractivity contribution < 1.29 is 9.53 Å². The van der Waals surface area contributed by atoms with Gasteiger partial charge in [-0.3, -0.25) is 4.79 Å². The van der Waals surface area contributed by atoms with Crippen LogP contribution < -0.4 is 10.1 Å². The number of nitriles is 1. The van der Waals surface area contributed by atoms with Crippen LogP contribution in [0.5, 0.6) is 5.75 Å². The molecule has 0 spiro atoms. The molecule has 0 saturated carbocycles. The zero-order valence-corrected chi connectivity index (χ0v) is 11.3. The molecular formula is C14H10ClN3O2. The lowest BCUT2D eigenvalue weighted by molar-refractivity contribution is 0.102. The van der Waals surface area contributed by atoms with Crippen molar-refractivity contribution in [2.75, 3.05) is 12.4 Å². The molecule has 0 fully saturated rings. The summed E-state index contributed by atoms with van der Waals surface area (Å²) in [6, 6.07) is 9.92. The molecule has 5 nitrogen and oxygen atoms in total. The number of pyridine rings is 1. The molecule has 0 saturated heterocycles. The van der Waals surface area contributed by atoms with Crippen LogP contribution in [-0.2, 0) is 0 Å². The van der Waals surface area contributed by atoms with Gasteiger partial charge in [-0.15, -0.1) is 0 Å². The van der Waals surface area contributed by atoms with Crippen LogP contribution in [0.1, 0.15) is 15.9 Å². The summed E-state index contributed by atoms with van der Waals surface area (Å²) < 4.78 is 5.14. The van der Waals surface area contributed by atoms with Crippen LogP contribution in [-0.4, -0.2) is 18.0 Å². The highest BCUT2D eigenvalue weighted by molar-refractivity contribution is 6.33. The van der Waals surface area contributed by atoms with Gasteiger partial charge in [-0.05, 0) is 24.3 Å². The molecule has 20 heavy (non-hydrogen) atoms. The lowest BCUT2D eigenvalue weighted by Crippen LogP contribution is -2.13. The Morgan fingerprint density at radius 1 is 1.45 bits per heavy atom. The summed E-state index contributed by atoms with van der Waals surface area (Å²) in [5.74, 6) is 0.00326. The Kier molecular flexibility index (Phi) is 4.18. The van der Waals surface area contributed by atoms with Crippen molar-refractivity contribution in [2.45, 2.75) is 0 Å². The normalized spacial score (nSPS) is 9.65. The van der Waals surface area contributed by atoms with Gasteiger partial charge in [0.1, 0.15) is 10.9 Å². The summed E-state index contributed by atoms with van der Waals surface area (Å²) in [5.41, 5.74) is 1.16. The summed E-state index contributed by atoms with van der Waals surface area (Å²) in [7, 11) is 1.46. The van der Waals surface area contributed by atoms with Crippen molar-refractivity contribution in [1.29, 1.82) is 5.26 Å². The van der Waals surface area contributed by atoms with E-state index in [9.17, 15) is 4.79 Å². The number of aromatic nitrogens is 1. The first-order valence-electron chi connectivity index (χ1n) is 5.65. The Morgan fingerprint density at radius 3 is 2.90 bits per heavy atom. The maximum atomic E-state index is 12.1. The number of ether oxygens (including phenoxy) is 1. The van der Waals surface area contributed by atoms with Crippen LogP contribution in [0.4, 0.5) is 5.69 Å². The van der Waals surface area contributed by atoms with E-state index in [2.05, 4.69) is 10.3 Å². The molecule has 1 amide bonds. The number of benzene rings is 1. The average molecular weight is 288 g/mol. The largest absolute Gasteiger partial charge is 0.495 e. The van der Waals surface area contributed by atoms with Crippen molar-refractivity contribution in [3.8, 4) is 11.8 Å². The molecule has 2 rings (SSSR count). The maximum Gasteiger partial charge on any atom is 0.258 e. The number of rotatable bonds is 3. The van der Waals surface area contributed by atoms with E-state index in [0.717, 1.165) is 0 Å². The number of nitrogens with zero attached hydrogens (tertiary/aromatic N) is 2. The first-order chi connectivity index (χ1) is 9.65. The number of anilines is 1. The van der Waals surface area contributed by atoms with E-state index in [0.29, 0.717) is 17.0 Å². The fourth-order valence-electron chi connectivity index (χ4n) is 1.61. The molecule has 0 unspecified atom stereocenters. The lowest BCUT2D eigenvalue weighted by atomic mass is 10.2. The highest BCUT2D eigenvalue weighted by atomic mass is 35.5. The highest BCUT2D eigenvalue weighted by Crippen LogP contribution is 2.26. The van der Waals surface area contributed by atoms with Gasteiger partial charge in [-0.25, -0.2) is 4.98 Å². The van der Waals surface area contributed by atoms with Crippen LogP contribution >= 0.6 is 11.6 Å². The molecule has 1 heterocycles. The molecule has 1 N–H and O–H groups in total. The predicted octanol–water partition coefficient (Wildman–Crippen LogP) is 2.87. The first-order valence-corrected chi connectivity index (χ1v) is 6.03. The third-order valence-corrected chi connectivity index (χ3v) is 2.88. The van der Waals surface area contributed by atoms with E-state index in [4.69, 9.17) is 21.6 Å². The van der Waals surface area contributed by atoms with Crippen LogP contribution in [0.2, 0.25) is 5.15 Å². The summed E-state index contributed by atoms with van der Waals surface area (Å²) in [5, 5.41) is 11.6. The van der Waals surface area contributed by atoms with Crippen LogP contribution in [0.3, 0.4) is 0 Å². The molecular weight excluding hydrogens is 278 g/mol. The van der Waals surface area contributed by atoms with Gasteiger partial charge < -0.3 is 10.1 Å². The van der Waals surface area contributed by atoms with Gasteiger partial charge in [0, 0.05) is 12.3 Å². The number of halogens is 1. The van der Waals surface area contributed by atoms with Crippen molar-refractivity contribution in [2.24, 2.45) is 0 Å². The second-order valence-electron chi connectivity index (χ2n) is 3.82. The van der Waals surface area contributed by atoms with E-state index >= 15 is 0 Å². The van der Waals surface area contributed by atoms with E-state index in [1.807, 2.05) is 6.07 Å². The number of carbonyl (C=O) groups is 1. The lowest BCUT2D eigenvalue weighted by Gasteiger charge is -2.10. The molecule has 1 aromatic heterocycles. The Bertz CT molecular complexity index is 695. The minimum absolute atomic E-state index is 0.123. The number of amides is 1. The smallest absolute Gasteiger partial charge is 0.258 e. The summed E-state index contributed by atoms with van der Waals surface area (Å²) in [6.45, 7) is 0. The molecule has 1 aromatic carbocycles. The van der Waals surface area contributed by atoms with Gasteiger partial charge in [-0.1, -0.05) is 11.6 Å². The second-order valence-corrected chi connectivity index (χ2v) is 4.18. The zero-order valence-electron chi connectivity index (χ0n) is 10.6. The SMILES string of the molecule is COc1cc(C#N)ccc1NC(=O)c1cccnc1Cl. The molecule has 0 radical (unpaired) electrons. The minimum Gasteiger partial charge on any atom is -0.495 e. The molecule has 2 aromatic rings.